The highest BCUT2D eigenvalue weighted by Crippen LogP contribution is 2.33. The van der Waals surface area contributed by atoms with Gasteiger partial charge in [0.1, 0.15) is 0 Å². The second-order valence-electron chi connectivity index (χ2n) is 3.90. The Morgan fingerprint density at radius 1 is 1.18 bits per heavy atom. The molecule has 0 aliphatic rings. The number of rotatable bonds is 3. The third-order valence-electron chi connectivity index (χ3n) is 2.78. The summed E-state index contributed by atoms with van der Waals surface area (Å²) in [4.78, 5) is 0. The minimum Gasteiger partial charge on any atom is -0.309 e. The number of hydrogen-bond acceptors (Lipinski definition) is 2. The molecule has 1 N–H and O–H groups in total. The van der Waals surface area contributed by atoms with Crippen LogP contribution in [0.25, 0.3) is 0 Å². The molecule has 0 aliphatic carbocycles. The number of thiophene rings is 1. The third-order valence-corrected chi connectivity index (χ3v) is 5.03. The van der Waals surface area contributed by atoms with Crippen LogP contribution in [0.2, 0.25) is 0 Å². The first kappa shape index (κ1) is 13.3. The quantitative estimate of drug-likeness (QED) is 0.806. The summed E-state index contributed by atoms with van der Waals surface area (Å²) in [6, 6.07) is 6.65. The van der Waals surface area contributed by atoms with Crippen molar-refractivity contribution in [1.29, 1.82) is 0 Å². The van der Waals surface area contributed by atoms with Gasteiger partial charge < -0.3 is 5.32 Å². The number of benzene rings is 1. The van der Waals surface area contributed by atoms with E-state index < -0.39 is 0 Å². The topological polar surface area (TPSA) is 12.0 Å². The van der Waals surface area contributed by atoms with E-state index in [1.54, 1.807) is 11.3 Å². The van der Waals surface area contributed by atoms with E-state index in [1.807, 2.05) is 7.05 Å². The molecule has 1 aromatic heterocycles. The maximum absolute atomic E-state index is 3.61. The van der Waals surface area contributed by atoms with Gasteiger partial charge in [0.15, 0.2) is 0 Å². The van der Waals surface area contributed by atoms with E-state index >= 15 is 0 Å². The van der Waals surface area contributed by atoms with Gasteiger partial charge in [-0.05, 0) is 64.1 Å². The first-order valence-electron chi connectivity index (χ1n) is 5.28. The Morgan fingerprint density at radius 2 is 1.94 bits per heavy atom. The molecule has 1 aromatic carbocycles. The zero-order chi connectivity index (χ0) is 12.4. The summed E-state index contributed by atoms with van der Waals surface area (Å²) in [6.45, 7) is 2.14. The van der Waals surface area contributed by atoms with Gasteiger partial charge in [-0.1, -0.05) is 22.0 Å². The standard InChI is InChI=1S/C13H13Br2NS/c1-8-5-9(14)3-4-10(8)13(16-2)11-6-17-7-12(11)15/h3-7,13,16H,1-2H3. The Bertz CT molecular complexity index is 522. The molecule has 1 heterocycles. The van der Waals surface area contributed by atoms with Crippen LogP contribution in [0.5, 0.6) is 0 Å². The molecule has 2 rings (SSSR count). The summed E-state index contributed by atoms with van der Waals surface area (Å²) in [5, 5.41) is 7.69. The van der Waals surface area contributed by atoms with Crippen molar-refractivity contribution in [2.45, 2.75) is 13.0 Å². The highest BCUT2D eigenvalue weighted by molar-refractivity contribution is 9.10. The van der Waals surface area contributed by atoms with Crippen LogP contribution in [0.3, 0.4) is 0 Å². The number of halogens is 2. The van der Waals surface area contributed by atoms with Crippen molar-refractivity contribution in [2.75, 3.05) is 7.05 Å². The third kappa shape index (κ3) is 2.81. The normalized spacial score (nSPS) is 12.7. The van der Waals surface area contributed by atoms with E-state index in [0.717, 1.165) is 4.47 Å². The SMILES string of the molecule is CNC(c1ccc(Br)cc1C)c1cscc1Br. The lowest BCUT2D eigenvalue weighted by Crippen LogP contribution is -2.18. The molecule has 17 heavy (non-hydrogen) atoms. The molecule has 1 nitrogen and oxygen atoms in total. The molecule has 1 atom stereocenters. The van der Waals surface area contributed by atoms with Crippen molar-refractivity contribution < 1.29 is 0 Å². The van der Waals surface area contributed by atoms with Crippen molar-refractivity contribution in [3.63, 3.8) is 0 Å². The van der Waals surface area contributed by atoms with E-state index in [4.69, 9.17) is 0 Å². The fraction of sp³-hybridized carbons (Fsp3) is 0.231. The lowest BCUT2D eigenvalue weighted by atomic mass is 9.97. The van der Waals surface area contributed by atoms with E-state index in [0.29, 0.717) is 0 Å². The van der Waals surface area contributed by atoms with Crippen LogP contribution in [0.15, 0.2) is 37.9 Å². The summed E-state index contributed by atoms with van der Waals surface area (Å²) >= 11 is 8.83. The molecule has 0 radical (unpaired) electrons. The predicted octanol–water partition coefficient (Wildman–Crippen LogP) is 4.89. The van der Waals surface area contributed by atoms with Crippen LogP contribution in [0, 0.1) is 6.92 Å². The van der Waals surface area contributed by atoms with Crippen molar-refractivity contribution >= 4 is 43.2 Å². The zero-order valence-corrected chi connectivity index (χ0v) is 13.6. The monoisotopic (exact) mass is 373 g/mol. The molecule has 4 heteroatoms. The van der Waals surface area contributed by atoms with Gasteiger partial charge in [0.05, 0.1) is 6.04 Å². The van der Waals surface area contributed by atoms with Gasteiger partial charge in [-0.3, -0.25) is 0 Å². The van der Waals surface area contributed by atoms with Gasteiger partial charge in [-0.25, -0.2) is 0 Å². The summed E-state index contributed by atoms with van der Waals surface area (Å²) in [7, 11) is 2.00. The Hall–Kier alpha value is -0.160. The zero-order valence-electron chi connectivity index (χ0n) is 9.63. The van der Waals surface area contributed by atoms with Crippen LogP contribution in [-0.2, 0) is 0 Å². The Morgan fingerprint density at radius 3 is 2.47 bits per heavy atom. The molecule has 0 fully saturated rings. The molecule has 0 saturated carbocycles. The van der Waals surface area contributed by atoms with Crippen molar-refractivity contribution in [1.82, 2.24) is 5.32 Å². The van der Waals surface area contributed by atoms with Crippen LogP contribution in [-0.4, -0.2) is 7.05 Å². The molecule has 0 amide bonds. The average Bonchev–Trinajstić information content (AvgIpc) is 2.69. The van der Waals surface area contributed by atoms with E-state index in [1.165, 1.54) is 21.2 Å². The highest BCUT2D eigenvalue weighted by atomic mass is 79.9. The Balaban J connectivity index is 2.46. The van der Waals surface area contributed by atoms with Crippen molar-refractivity contribution in [3.05, 3.63) is 54.6 Å². The summed E-state index contributed by atoms with van der Waals surface area (Å²) in [5.41, 5.74) is 3.90. The van der Waals surface area contributed by atoms with Gasteiger partial charge in [0, 0.05) is 14.3 Å². The molecule has 0 spiro atoms. The van der Waals surface area contributed by atoms with Crippen LogP contribution < -0.4 is 5.32 Å². The fourth-order valence-corrected chi connectivity index (χ4v) is 3.97. The average molecular weight is 375 g/mol. The maximum Gasteiger partial charge on any atom is 0.0596 e. The molecule has 0 saturated heterocycles. The number of hydrogen-bond donors (Lipinski definition) is 1. The van der Waals surface area contributed by atoms with Gasteiger partial charge in [-0.2, -0.15) is 11.3 Å². The lowest BCUT2D eigenvalue weighted by molar-refractivity contribution is 0.687. The Kier molecular flexibility index (Phi) is 4.42. The van der Waals surface area contributed by atoms with Crippen LogP contribution >= 0.6 is 43.2 Å². The van der Waals surface area contributed by atoms with Gasteiger partial charge in [0.25, 0.3) is 0 Å². The summed E-state index contributed by atoms with van der Waals surface area (Å²) < 4.78 is 2.29. The highest BCUT2D eigenvalue weighted by Gasteiger charge is 2.17. The predicted molar refractivity (Wildman–Crippen MR) is 81.8 cm³/mol. The van der Waals surface area contributed by atoms with Gasteiger partial charge in [0.2, 0.25) is 0 Å². The molecule has 1 unspecified atom stereocenters. The second-order valence-corrected chi connectivity index (χ2v) is 6.41. The fourth-order valence-electron chi connectivity index (χ4n) is 1.94. The van der Waals surface area contributed by atoms with Crippen LogP contribution in [0.1, 0.15) is 22.7 Å². The molecule has 0 bridgehead atoms. The molecular formula is C13H13Br2NS. The molecule has 0 aliphatic heterocycles. The van der Waals surface area contributed by atoms with Gasteiger partial charge >= 0.3 is 0 Å². The molecular weight excluding hydrogens is 362 g/mol. The minimum atomic E-state index is 0.240. The largest absolute Gasteiger partial charge is 0.309 e. The maximum atomic E-state index is 3.61. The first-order valence-corrected chi connectivity index (χ1v) is 7.81. The second kappa shape index (κ2) is 5.65. The first-order chi connectivity index (χ1) is 8.13. The summed E-state index contributed by atoms with van der Waals surface area (Å²) in [6.07, 6.45) is 0. The lowest BCUT2D eigenvalue weighted by Gasteiger charge is -2.19. The van der Waals surface area contributed by atoms with E-state index in [9.17, 15) is 0 Å². The molecule has 2 aromatic rings. The minimum absolute atomic E-state index is 0.240. The van der Waals surface area contributed by atoms with Crippen LogP contribution in [0.4, 0.5) is 0 Å². The van der Waals surface area contributed by atoms with E-state index in [2.05, 4.69) is 73.1 Å². The summed E-state index contributed by atoms with van der Waals surface area (Å²) in [5.74, 6) is 0. The molecule has 90 valence electrons. The van der Waals surface area contributed by atoms with Crippen molar-refractivity contribution in [3.8, 4) is 0 Å². The number of aryl methyl sites for hydroxylation is 1. The Labute approximate surface area is 123 Å². The number of nitrogens with one attached hydrogen (secondary N) is 1. The smallest absolute Gasteiger partial charge is 0.0596 e. The van der Waals surface area contributed by atoms with E-state index in [-0.39, 0.29) is 6.04 Å². The van der Waals surface area contributed by atoms with Gasteiger partial charge in [-0.15, -0.1) is 0 Å². The van der Waals surface area contributed by atoms with Crippen molar-refractivity contribution in [2.24, 2.45) is 0 Å².